The van der Waals surface area contributed by atoms with Crippen molar-refractivity contribution in [3.63, 3.8) is 0 Å². The van der Waals surface area contributed by atoms with Crippen LogP contribution in [0.2, 0.25) is 0 Å². The maximum atomic E-state index is 12.3. The lowest BCUT2D eigenvalue weighted by Crippen LogP contribution is -2.42. The average Bonchev–Trinajstić information content (AvgIpc) is 2.44. The number of carboxylic acid groups (broad SMARTS) is 1. The number of alkyl halides is 2. The largest absolute Gasteiger partial charge is 0.480 e. The van der Waals surface area contributed by atoms with Crippen molar-refractivity contribution in [2.45, 2.75) is 23.8 Å². The number of hydrogen-bond donors (Lipinski definition) is 2. The quantitative estimate of drug-likeness (QED) is 0.449. The molecule has 0 saturated carbocycles. The molecule has 0 radical (unpaired) electrons. The number of rotatable bonds is 7. The van der Waals surface area contributed by atoms with E-state index < -0.39 is 41.4 Å². The summed E-state index contributed by atoms with van der Waals surface area (Å²) in [4.78, 5) is 33.5. The van der Waals surface area contributed by atoms with Crippen LogP contribution < -0.4 is 5.32 Å². The topological polar surface area (TPSA) is 110 Å². The van der Waals surface area contributed by atoms with Crippen molar-refractivity contribution in [2.24, 2.45) is 0 Å². The van der Waals surface area contributed by atoms with Crippen molar-refractivity contribution < 1.29 is 28.4 Å². The fraction of sp³-hybridized carbons (Fsp3) is 0.333. The number of thioether (sulfide) groups is 1. The van der Waals surface area contributed by atoms with Crippen LogP contribution >= 0.6 is 11.8 Å². The normalized spacial score (nSPS) is 12.0. The second-order valence-corrected chi connectivity index (χ2v) is 5.01. The van der Waals surface area contributed by atoms with E-state index in [-0.39, 0.29) is 5.56 Å². The number of amides is 1. The molecule has 0 aliphatic rings. The summed E-state index contributed by atoms with van der Waals surface area (Å²) >= 11 is 1.22. The van der Waals surface area contributed by atoms with Crippen molar-refractivity contribution in [1.82, 2.24) is 5.32 Å². The highest BCUT2D eigenvalue weighted by molar-refractivity contribution is 7.98. The zero-order chi connectivity index (χ0) is 16.9. The van der Waals surface area contributed by atoms with Crippen molar-refractivity contribution in [3.8, 4) is 0 Å². The summed E-state index contributed by atoms with van der Waals surface area (Å²) in [5.41, 5.74) is -0.908. The van der Waals surface area contributed by atoms with Crippen molar-refractivity contribution in [3.05, 3.63) is 33.9 Å². The van der Waals surface area contributed by atoms with Crippen molar-refractivity contribution in [2.75, 3.05) is 6.26 Å². The van der Waals surface area contributed by atoms with Crippen LogP contribution in [0.3, 0.4) is 0 Å². The minimum Gasteiger partial charge on any atom is -0.480 e. The summed E-state index contributed by atoms with van der Waals surface area (Å²) in [7, 11) is 0. The molecule has 0 heterocycles. The van der Waals surface area contributed by atoms with Crippen molar-refractivity contribution in [1.29, 1.82) is 0 Å². The summed E-state index contributed by atoms with van der Waals surface area (Å²) < 4.78 is 24.6. The lowest BCUT2D eigenvalue weighted by atomic mass is 10.1. The first-order valence-electron chi connectivity index (χ1n) is 5.90. The number of carbonyl (C=O) groups excluding carboxylic acids is 1. The van der Waals surface area contributed by atoms with Crippen LogP contribution in [0.25, 0.3) is 0 Å². The Hall–Kier alpha value is -2.23. The van der Waals surface area contributed by atoms with E-state index in [1.807, 2.05) is 5.32 Å². The van der Waals surface area contributed by atoms with Crippen LogP contribution in [-0.4, -0.2) is 40.6 Å². The van der Waals surface area contributed by atoms with Gasteiger partial charge in [-0.05, 0) is 18.4 Å². The predicted octanol–water partition coefficient (Wildman–Crippen LogP) is 2.15. The molecule has 1 unspecified atom stereocenters. The van der Waals surface area contributed by atoms with Gasteiger partial charge in [-0.3, -0.25) is 14.9 Å². The molecular formula is C12H12F2N2O5S. The fourth-order valence-corrected chi connectivity index (χ4v) is 2.06. The minimum absolute atomic E-state index is 0.377. The maximum Gasteiger partial charge on any atom is 0.326 e. The molecular weight excluding hydrogens is 322 g/mol. The third kappa shape index (κ3) is 4.65. The lowest BCUT2D eigenvalue weighted by molar-refractivity contribution is -0.385. The number of nitrogens with one attached hydrogen (secondary N) is 1. The smallest absolute Gasteiger partial charge is 0.326 e. The van der Waals surface area contributed by atoms with Gasteiger partial charge in [-0.15, -0.1) is 11.8 Å². The molecule has 0 saturated heterocycles. The number of nitro groups is 1. The molecule has 0 aliphatic heterocycles. The van der Waals surface area contributed by atoms with Gasteiger partial charge in [-0.25, -0.2) is 13.6 Å². The van der Waals surface area contributed by atoms with Crippen LogP contribution in [0.5, 0.6) is 0 Å². The molecule has 0 bridgehead atoms. The Labute approximate surface area is 127 Å². The van der Waals surface area contributed by atoms with Gasteiger partial charge >= 0.3 is 5.97 Å². The Balaban J connectivity index is 3.09. The van der Waals surface area contributed by atoms with E-state index in [9.17, 15) is 28.5 Å². The number of carboxylic acids is 1. The number of halogens is 2. The molecule has 1 aromatic carbocycles. The number of benzene rings is 1. The highest BCUT2D eigenvalue weighted by Gasteiger charge is 2.28. The first-order valence-corrected chi connectivity index (χ1v) is 7.13. The Morgan fingerprint density at radius 3 is 2.55 bits per heavy atom. The number of nitro benzene ring substituents is 1. The molecule has 0 aliphatic carbocycles. The molecule has 7 nitrogen and oxygen atoms in total. The van der Waals surface area contributed by atoms with Gasteiger partial charge in [0.15, 0.2) is 0 Å². The van der Waals surface area contributed by atoms with Gasteiger partial charge in [0.05, 0.1) is 4.92 Å². The third-order valence-electron chi connectivity index (χ3n) is 2.66. The van der Waals surface area contributed by atoms with Crippen LogP contribution in [-0.2, 0) is 4.79 Å². The van der Waals surface area contributed by atoms with E-state index in [0.29, 0.717) is 4.90 Å². The minimum atomic E-state index is -2.94. The van der Waals surface area contributed by atoms with E-state index in [2.05, 4.69) is 0 Å². The Morgan fingerprint density at radius 2 is 2.09 bits per heavy atom. The van der Waals surface area contributed by atoms with Gasteiger partial charge < -0.3 is 10.4 Å². The number of aliphatic carboxylic acids is 1. The SMILES string of the molecule is CSc1ccc([N+](=O)[O-])c(C(=O)NC(CC(F)F)C(=O)O)c1. The van der Waals surface area contributed by atoms with E-state index in [0.717, 1.165) is 6.07 Å². The Kier molecular flexibility index (Phi) is 6.23. The van der Waals surface area contributed by atoms with Crippen LogP contribution in [0.4, 0.5) is 14.5 Å². The molecule has 22 heavy (non-hydrogen) atoms. The van der Waals surface area contributed by atoms with Gasteiger partial charge in [0.25, 0.3) is 11.6 Å². The summed E-state index contributed by atoms with van der Waals surface area (Å²) in [5, 5.41) is 21.6. The zero-order valence-electron chi connectivity index (χ0n) is 11.3. The molecule has 0 aromatic heterocycles. The highest BCUT2D eigenvalue weighted by Crippen LogP contribution is 2.25. The lowest BCUT2D eigenvalue weighted by Gasteiger charge is -2.14. The van der Waals surface area contributed by atoms with Crippen LogP contribution in [0.1, 0.15) is 16.8 Å². The number of hydrogen-bond acceptors (Lipinski definition) is 5. The van der Waals surface area contributed by atoms with E-state index in [1.165, 1.54) is 23.9 Å². The number of nitrogens with zero attached hydrogens (tertiary/aromatic N) is 1. The van der Waals surface area contributed by atoms with E-state index in [4.69, 9.17) is 5.11 Å². The maximum absolute atomic E-state index is 12.3. The third-order valence-corrected chi connectivity index (χ3v) is 3.39. The van der Waals surface area contributed by atoms with E-state index >= 15 is 0 Å². The predicted molar refractivity (Wildman–Crippen MR) is 74.4 cm³/mol. The molecule has 120 valence electrons. The first-order chi connectivity index (χ1) is 10.3. The van der Waals surface area contributed by atoms with Gasteiger partial charge in [0.1, 0.15) is 11.6 Å². The van der Waals surface area contributed by atoms with E-state index in [1.54, 1.807) is 6.26 Å². The molecule has 1 rings (SSSR count). The Bertz CT molecular complexity index is 597. The molecule has 1 aromatic rings. The molecule has 1 amide bonds. The number of carbonyl (C=O) groups is 2. The fourth-order valence-electron chi connectivity index (χ4n) is 1.62. The van der Waals surface area contributed by atoms with Crippen LogP contribution in [0, 0.1) is 10.1 Å². The van der Waals surface area contributed by atoms with Gasteiger partial charge in [-0.2, -0.15) is 0 Å². The average molecular weight is 334 g/mol. The second-order valence-electron chi connectivity index (χ2n) is 4.13. The Morgan fingerprint density at radius 1 is 1.45 bits per heavy atom. The van der Waals surface area contributed by atoms with Gasteiger partial charge in [-0.1, -0.05) is 0 Å². The molecule has 1 atom stereocenters. The summed E-state index contributed by atoms with van der Waals surface area (Å²) in [6.07, 6.45) is -2.34. The second kappa shape index (κ2) is 7.69. The molecule has 2 N–H and O–H groups in total. The zero-order valence-corrected chi connectivity index (χ0v) is 12.1. The highest BCUT2D eigenvalue weighted by atomic mass is 32.2. The molecule has 10 heteroatoms. The van der Waals surface area contributed by atoms with Gasteiger partial charge in [0, 0.05) is 17.4 Å². The molecule has 0 spiro atoms. The summed E-state index contributed by atoms with van der Waals surface area (Å²) in [6, 6.07) is 1.90. The summed E-state index contributed by atoms with van der Waals surface area (Å²) in [5.74, 6) is -2.73. The first kappa shape index (κ1) is 17.8. The van der Waals surface area contributed by atoms with Gasteiger partial charge in [0.2, 0.25) is 6.43 Å². The standard InChI is InChI=1S/C12H12F2N2O5S/c1-22-6-2-3-9(16(20)21)7(4-6)11(17)15-8(12(18)19)5-10(13)14/h2-4,8,10H,5H2,1H3,(H,15,17)(H,18,19). The van der Waals surface area contributed by atoms with Crippen LogP contribution in [0.15, 0.2) is 23.1 Å². The molecule has 0 fully saturated rings. The van der Waals surface area contributed by atoms with Crippen molar-refractivity contribution >= 4 is 29.3 Å². The monoisotopic (exact) mass is 334 g/mol. The summed E-state index contributed by atoms with van der Waals surface area (Å²) in [6.45, 7) is 0.